The Bertz CT molecular complexity index is 324. The maximum atomic E-state index is 9.10. The molecule has 2 N–H and O–H groups in total. The first-order valence-electron chi connectivity index (χ1n) is 5.24. The number of aliphatic hydroxyl groups excluding tert-OH is 1. The SMILES string of the molecule is CNC(CO)Cc1ccc(OC)c(OC)c1. The molecular formula is C12H19NO3. The van der Waals surface area contributed by atoms with Gasteiger partial charge in [-0.1, -0.05) is 6.07 Å². The highest BCUT2D eigenvalue weighted by Gasteiger charge is 2.09. The van der Waals surface area contributed by atoms with Gasteiger partial charge in [-0.25, -0.2) is 0 Å². The van der Waals surface area contributed by atoms with Gasteiger partial charge in [0.15, 0.2) is 11.5 Å². The van der Waals surface area contributed by atoms with Crippen LogP contribution in [0.2, 0.25) is 0 Å². The van der Waals surface area contributed by atoms with Gasteiger partial charge in [0.25, 0.3) is 0 Å². The van der Waals surface area contributed by atoms with Crippen LogP contribution in [0, 0.1) is 0 Å². The van der Waals surface area contributed by atoms with E-state index in [1.54, 1.807) is 14.2 Å². The van der Waals surface area contributed by atoms with E-state index in [9.17, 15) is 0 Å². The highest BCUT2D eigenvalue weighted by atomic mass is 16.5. The third-order valence-electron chi connectivity index (χ3n) is 2.56. The maximum absolute atomic E-state index is 9.10. The summed E-state index contributed by atoms with van der Waals surface area (Å²) >= 11 is 0. The van der Waals surface area contributed by atoms with E-state index < -0.39 is 0 Å². The molecule has 0 heterocycles. The molecule has 1 aromatic rings. The number of methoxy groups -OCH3 is 2. The molecule has 4 nitrogen and oxygen atoms in total. The van der Waals surface area contributed by atoms with Gasteiger partial charge in [-0.3, -0.25) is 0 Å². The third-order valence-corrected chi connectivity index (χ3v) is 2.56. The van der Waals surface area contributed by atoms with Crippen molar-refractivity contribution in [3.05, 3.63) is 23.8 Å². The van der Waals surface area contributed by atoms with E-state index in [-0.39, 0.29) is 12.6 Å². The van der Waals surface area contributed by atoms with Crippen LogP contribution in [0.4, 0.5) is 0 Å². The molecule has 1 rings (SSSR count). The van der Waals surface area contributed by atoms with Crippen molar-refractivity contribution in [3.8, 4) is 11.5 Å². The van der Waals surface area contributed by atoms with E-state index in [0.717, 1.165) is 17.7 Å². The lowest BCUT2D eigenvalue weighted by molar-refractivity contribution is 0.248. The van der Waals surface area contributed by atoms with Crippen LogP contribution in [0.5, 0.6) is 11.5 Å². The minimum atomic E-state index is 0.0677. The second-order valence-corrected chi connectivity index (χ2v) is 3.56. The third kappa shape index (κ3) is 3.12. The Morgan fingerprint density at radius 1 is 1.25 bits per heavy atom. The van der Waals surface area contributed by atoms with Crippen LogP contribution in [0.25, 0.3) is 0 Å². The highest BCUT2D eigenvalue weighted by molar-refractivity contribution is 5.43. The summed E-state index contributed by atoms with van der Waals surface area (Å²) in [5.74, 6) is 1.43. The van der Waals surface area contributed by atoms with Gasteiger partial charge < -0.3 is 19.9 Å². The number of ether oxygens (including phenoxy) is 2. The van der Waals surface area contributed by atoms with E-state index in [2.05, 4.69) is 5.32 Å². The monoisotopic (exact) mass is 225 g/mol. The molecule has 90 valence electrons. The van der Waals surface area contributed by atoms with Gasteiger partial charge in [-0.05, 0) is 31.2 Å². The minimum Gasteiger partial charge on any atom is -0.493 e. The number of nitrogens with one attached hydrogen (secondary N) is 1. The molecule has 0 fully saturated rings. The summed E-state index contributed by atoms with van der Waals surface area (Å²) in [6, 6.07) is 5.84. The summed E-state index contributed by atoms with van der Waals surface area (Å²) in [6.45, 7) is 0.116. The standard InChI is InChI=1S/C12H19NO3/c1-13-10(8-14)6-9-4-5-11(15-2)12(7-9)16-3/h4-5,7,10,13-14H,6,8H2,1-3H3. The molecule has 0 saturated carbocycles. The Morgan fingerprint density at radius 2 is 1.94 bits per heavy atom. The lowest BCUT2D eigenvalue weighted by Gasteiger charge is -2.14. The average Bonchev–Trinajstić information content (AvgIpc) is 2.35. The number of benzene rings is 1. The van der Waals surface area contributed by atoms with Crippen molar-refractivity contribution in [1.82, 2.24) is 5.32 Å². The Labute approximate surface area is 96.2 Å². The van der Waals surface area contributed by atoms with E-state index in [4.69, 9.17) is 14.6 Å². The van der Waals surface area contributed by atoms with Crippen molar-refractivity contribution in [3.63, 3.8) is 0 Å². The van der Waals surface area contributed by atoms with Gasteiger partial charge >= 0.3 is 0 Å². The average molecular weight is 225 g/mol. The number of hydrogen-bond acceptors (Lipinski definition) is 4. The zero-order chi connectivity index (χ0) is 12.0. The van der Waals surface area contributed by atoms with E-state index >= 15 is 0 Å². The summed E-state index contributed by atoms with van der Waals surface area (Å²) in [5.41, 5.74) is 1.10. The van der Waals surface area contributed by atoms with Crippen molar-refractivity contribution in [2.45, 2.75) is 12.5 Å². The number of aliphatic hydroxyl groups is 1. The topological polar surface area (TPSA) is 50.7 Å². The first-order chi connectivity index (χ1) is 7.74. The normalized spacial score (nSPS) is 12.2. The molecule has 0 saturated heterocycles. The molecule has 0 amide bonds. The summed E-state index contributed by atoms with van der Waals surface area (Å²) < 4.78 is 10.4. The fourth-order valence-corrected chi connectivity index (χ4v) is 1.55. The van der Waals surface area contributed by atoms with Gasteiger partial charge in [0.2, 0.25) is 0 Å². The summed E-state index contributed by atoms with van der Waals surface area (Å²) in [5, 5.41) is 12.1. The van der Waals surface area contributed by atoms with Gasteiger partial charge in [0, 0.05) is 6.04 Å². The first-order valence-corrected chi connectivity index (χ1v) is 5.24. The number of likely N-dealkylation sites (N-methyl/N-ethyl adjacent to an activating group) is 1. The van der Waals surface area contributed by atoms with Crippen molar-refractivity contribution in [1.29, 1.82) is 0 Å². The largest absolute Gasteiger partial charge is 0.493 e. The quantitative estimate of drug-likeness (QED) is 0.753. The van der Waals surface area contributed by atoms with Crippen molar-refractivity contribution < 1.29 is 14.6 Å². The molecule has 1 atom stereocenters. The van der Waals surface area contributed by atoms with Crippen molar-refractivity contribution >= 4 is 0 Å². The summed E-state index contributed by atoms with van der Waals surface area (Å²) in [6.07, 6.45) is 0.757. The van der Waals surface area contributed by atoms with Crippen LogP contribution in [0.3, 0.4) is 0 Å². The fraction of sp³-hybridized carbons (Fsp3) is 0.500. The molecule has 4 heteroatoms. The maximum Gasteiger partial charge on any atom is 0.160 e. The molecule has 0 aromatic heterocycles. The van der Waals surface area contributed by atoms with Gasteiger partial charge in [0.1, 0.15) is 0 Å². The van der Waals surface area contributed by atoms with Gasteiger partial charge in [-0.15, -0.1) is 0 Å². The Kier molecular flexibility index (Phi) is 5.08. The first kappa shape index (κ1) is 12.8. The van der Waals surface area contributed by atoms with Crippen LogP contribution in [-0.2, 0) is 6.42 Å². The van der Waals surface area contributed by atoms with Gasteiger partial charge in [-0.2, -0.15) is 0 Å². The van der Waals surface area contributed by atoms with E-state index in [1.165, 1.54) is 0 Å². The highest BCUT2D eigenvalue weighted by Crippen LogP contribution is 2.27. The second kappa shape index (κ2) is 6.35. The molecule has 0 aliphatic rings. The van der Waals surface area contributed by atoms with Crippen LogP contribution < -0.4 is 14.8 Å². The molecule has 1 unspecified atom stereocenters. The molecule has 0 aliphatic heterocycles. The van der Waals surface area contributed by atoms with E-state index in [0.29, 0.717) is 5.75 Å². The van der Waals surface area contributed by atoms with Crippen LogP contribution >= 0.6 is 0 Å². The molecule has 0 aliphatic carbocycles. The second-order valence-electron chi connectivity index (χ2n) is 3.56. The zero-order valence-electron chi connectivity index (χ0n) is 9.99. The predicted octanol–water partition coefficient (Wildman–Crippen LogP) is 0.827. The molecule has 1 aromatic carbocycles. The summed E-state index contributed by atoms with van der Waals surface area (Å²) in [7, 11) is 5.06. The number of rotatable bonds is 6. The Morgan fingerprint density at radius 3 is 2.44 bits per heavy atom. The van der Waals surface area contributed by atoms with Crippen LogP contribution in [-0.4, -0.2) is 39.0 Å². The Balaban J connectivity index is 2.82. The molecule has 16 heavy (non-hydrogen) atoms. The molecular weight excluding hydrogens is 206 g/mol. The minimum absolute atomic E-state index is 0.0677. The molecule has 0 spiro atoms. The van der Waals surface area contributed by atoms with Crippen molar-refractivity contribution in [2.75, 3.05) is 27.9 Å². The lowest BCUT2D eigenvalue weighted by atomic mass is 10.1. The number of hydrogen-bond donors (Lipinski definition) is 2. The van der Waals surface area contributed by atoms with Gasteiger partial charge in [0.05, 0.1) is 20.8 Å². The lowest BCUT2D eigenvalue weighted by Crippen LogP contribution is -2.31. The van der Waals surface area contributed by atoms with Crippen LogP contribution in [0.15, 0.2) is 18.2 Å². The smallest absolute Gasteiger partial charge is 0.160 e. The predicted molar refractivity (Wildman–Crippen MR) is 63.2 cm³/mol. The molecule has 0 bridgehead atoms. The Hall–Kier alpha value is -1.26. The van der Waals surface area contributed by atoms with Crippen molar-refractivity contribution in [2.24, 2.45) is 0 Å². The van der Waals surface area contributed by atoms with Crippen LogP contribution in [0.1, 0.15) is 5.56 Å². The summed E-state index contributed by atoms with van der Waals surface area (Å²) in [4.78, 5) is 0. The van der Waals surface area contributed by atoms with E-state index in [1.807, 2.05) is 25.2 Å². The zero-order valence-corrected chi connectivity index (χ0v) is 9.99. The fourth-order valence-electron chi connectivity index (χ4n) is 1.55. The molecule has 0 radical (unpaired) electrons.